The lowest BCUT2D eigenvalue weighted by Crippen LogP contribution is -2.38. The number of carbonyl (C=O) groups is 1. The molecule has 1 amide bonds. The maximum absolute atomic E-state index is 11.4. The van der Waals surface area contributed by atoms with Crippen LogP contribution in [0.25, 0.3) is 0 Å². The van der Waals surface area contributed by atoms with E-state index in [1.165, 1.54) is 0 Å². The lowest BCUT2D eigenvalue weighted by Gasteiger charge is -2.12. The van der Waals surface area contributed by atoms with Crippen molar-refractivity contribution in [3.8, 4) is 0 Å². The Balaban J connectivity index is 2.37. The topological polar surface area (TPSA) is 55.4 Å². The van der Waals surface area contributed by atoms with E-state index < -0.39 is 12.1 Å². The summed E-state index contributed by atoms with van der Waals surface area (Å²) in [7, 11) is 0. The molecule has 0 saturated heterocycles. The summed E-state index contributed by atoms with van der Waals surface area (Å²) in [6.45, 7) is 2.39. The molecule has 0 aliphatic rings. The van der Waals surface area contributed by atoms with Crippen molar-refractivity contribution in [3.05, 3.63) is 35.9 Å². The van der Waals surface area contributed by atoms with Crippen LogP contribution in [-0.4, -0.2) is 25.0 Å². The molecule has 0 heterocycles. The highest BCUT2D eigenvalue weighted by molar-refractivity contribution is 5.73. The Labute approximate surface area is 107 Å². The van der Waals surface area contributed by atoms with Crippen molar-refractivity contribution in [2.75, 3.05) is 6.61 Å². The smallest absolute Gasteiger partial charge is 0.407 e. The van der Waals surface area contributed by atoms with E-state index in [0.29, 0.717) is 13.0 Å². The van der Waals surface area contributed by atoms with Crippen LogP contribution in [0.4, 0.5) is 4.79 Å². The van der Waals surface area contributed by atoms with E-state index in [2.05, 4.69) is 5.32 Å². The molecule has 4 heteroatoms. The number of rotatable bonds is 7. The van der Waals surface area contributed by atoms with Gasteiger partial charge in [-0.05, 0) is 12.0 Å². The van der Waals surface area contributed by atoms with E-state index in [1.807, 2.05) is 43.5 Å². The summed E-state index contributed by atoms with van der Waals surface area (Å²) >= 11 is 0. The number of amides is 1. The lowest BCUT2D eigenvalue weighted by molar-refractivity contribution is 0.143. The molecule has 1 aromatic rings. The summed E-state index contributed by atoms with van der Waals surface area (Å²) in [6.07, 6.45) is 3.45. The number of hydrogen-bond acceptors (Lipinski definition) is 3. The molecule has 97 valence electrons. The largest absolute Gasteiger partial charge is 0.450 e. The van der Waals surface area contributed by atoms with Gasteiger partial charge in [0.15, 0.2) is 0 Å². The normalized spacial score (nSPS) is 11.6. The van der Waals surface area contributed by atoms with Crippen molar-refractivity contribution in [3.63, 3.8) is 0 Å². The lowest BCUT2D eigenvalue weighted by atomic mass is 10.1. The monoisotopic (exact) mass is 248 g/mol. The maximum atomic E-state index is 11.4. The first-order valence-corrected chi connectivity index (χ1v) is 6.11. The number of benzene rings is 1. The molecule has 18 heavy (non-hydrogen) atoms. The van der Waals surface area contributed by atoms with Gasteiger partial charge >= 0.3 is 6.09 Å². The SMILES string of the molecule is CCCCOC(=O)N[C@H]([C]=O)Cc1ccccc1. The van der Waals surface area contributed by atoms with E-state index in [4.69, 9.17) is 4.74 Å². The van der Waals surface area contributed by atoms with Crippen molar-refractivity contribution in [2.45, 2.75) is 32.2 Å². The molecule has 0 bridgehead atoms. The first-order valence-electron chi connectivity index (χ1n) is 6.11. The van der Waals surface area contributed by atoms with Crippen molar-refractivity contribution < 1.29 is 14.3 Å². The van der Waals surface area contributed by atoms with Crippen LogP contribution < -0.4 is 5.32 Å². The van der Waals surface area contributed by atoms with Gasteiger partial charge in [-0.25, -0.2) is 4.79 Å². The van der Waals surface area contributed by atoms with Crippen molar-refractivity contribution >= 4 is 12.4 Å². The van der Waals surface area contributed by atoms with Crippen LogP contribution in [0.15, 0.2) is 30.3 Å². The highest BCUT2D eigenvalue weighted by atomic mass is 16.5. The van der Waals surface area contributed by atoms with E-state index in [-0.39, 0.29) is 0 Å². The predicted molar refractivity (Wildman–Crippen MR) is 69.0 cm³/mol. The van der Waals surface area contributed by atoms with Crippen LogP contribution in [0.5, 0.6) is 0 Å². The molecule has 1 N–H and O–H groups in total. The summed E-state index contributed by atoms with van der Waals surface area (Å²) in [5.41, 5.74) is 0.972. The first kappa shape index (κ1) is 14.2. The highest BCUT2D eigenvalue weighted by Gasteiger charge is 2.13. The standard InChI is InChI=1S/C14H18NO3/c1-2-3-9-18-14(17)15-13(11-16)10-12-7-5-4-6-8-12/h4-8,13H,2-3,9-10H2,1H3,(H,15,17)/t13-/m0/s1. The van der Waals surface area contributed by atoms with Gasteiger partial charge in [0, 0.05) is 6.42 Å². The van der Waals surface area contributed by atoms with E-state index >= 15 is 0 Å². The van der Waals surface area contributed by atoms with Crippen LogP contribution >= 0.6 is 0 Å². The third-order valence-corrected chi connectivity index (χ3v) is 2.45. The molecule has 0 aliphatic carbocycles. The predicted octanol–water partition coefficient (Wildman–Crippen LogP) is 2.23. The summed E-state index contributed by atoms with van der Waals surface area (Å²) in [6, 6.07) is 8.80. The third kappa shape index (κ3) is 5.48. The second kappa shape index (κ2) is 8.28. The molecule has 0 aromatic heterocycles. The van der Waals surface area contributed by atoms with Crippen LogP contribution in [-0.2, 0) is 16.0 Å². The first-order chi connectivity index (χ1) is 8.76. The summed E-state index contributed by atoms with van der Waals surface area (Å²) in [4.78, 5) is 22.1. The van der Waals surface area contributed by atoms with Gasteiger partial charge in [0.1, 0.15) is 6.04 Å². The number of hydrogen-bond donors (Lipinski definition) is 1. The Bertz CT molecular complexity index is 365. The van der Waals surface area contributed by atoms with Crippen LogP contribution in [0.2, 0.25) is 0 Å². The quantitative estimate of drug-likeness (QED) is 0.753. The van der Waals surface area contributed by atoms with Crippen LogP contribution in [0.3, 0.4) is 0 Å². The minimum absolute atomic E-state index is 0.374. The molecule has 1 atom stereocenters. The third-order valence-electron chi connectivity index (χ3n) is 2.45. The molecular weight excluding hydrogens is 230 g/mol. The molecular formula is C14H18NO3. The Hall–Kier alpha value is -1.84. The van der Waals surface area contributed by atoms with Gasteiger partial charge in [0.2, 0.25) is 6.29 Å². The van der Waals surface area contributed by atoms with Crippen molar-refractivity contribution in [2.24, 2.45) is 0 Å². The molecule has 0 spiro atoms. The van der Waals surface area contributed by atoms with E-state index in [0.717, 1.165) is 18.4 Å². The molecule has 0 saturated carbocycles. The fraction of sp³-hybridized carbons (Fsp3) is 0.429. The molecule has 0 aliphatic heterocycles. The van der Waals surface area contributed by atoms with Crippen LogP contribution in [0.1, 0.15) is 25.3 Å². The van der Waals surface area contributed by atoms with Crippen molar-refractivity contribution in [1.29, 1.82) is 0 Å². The Morgan fingerprint density at radius 2 is 2.11 bits per heavy atom. The number of unbranched alkanes of at least 4 members (excludes halogenated alkanes) is 1. The number of ether oxygens (including phenoxy) is 1. The zero-order valence-corrected chi connectivity index (χ0v) is 10.5. The molecule has 4 nitrogen and oxygen atoms in total. The molecule has 1 rings (SSSR count). The number of carbonyl (C=O) groups excluding carboxylic acids is 2. The number of nitrogens with one attached hydrogen (secondary N) is 1. The zero-order chi connectivity index (χ0) is 13.2. The molecule has 1 radical (unpaired) electrons. The second-order valence-corrected chi connectivity index (χ2v) is 3.99. The summed E-state index contributed by atoms with van der Waals surface area (Å²) < 4.78 is 4.92. The van der Waals surface area contributed by atoms with Gasteiger partial charge in [0.05, 0.1) is 6.61 Å². The highest BCUT2D eigenvalue weighted by Crippen LogP contribution is 2.02. The molecule has 0 unspecified atom stereocenters. The Morgan fingerprint density at radius 1 is 1.39 bits per heavy atom. The van der Waals surface area contributed by atoms with Crippen LogP contribution in [0, 0.1) is 0 Å². The minimum atomic E-state index is -0.665. The van der Waals surface area contributed by atoms with Gasteiger partial charge in [-0.1, -0.05) is 43.7 Å². The molecule has 1 aromatic carbocycles. The van der Waals surface area contributed by atoms with Gasteiger partial charge in [-0.15, -0.1) is 0 Å². The van der Waals surface area contributed by atoms with Crippen molar-refractivity contribution in [1.82, 2.24) is 5.32 Å². The second-order valence-electron chi connectivity index (χ2n) is 3.99. The summed E-state index contributed by atoms with van der Waals surface area (Å²) in [5, 5.41) is 2.49. The summed E-state index contributed by atoms with van der Waals surface area (Å²) in [5.74, 6) is 0. The molecule has 0 fully saturated rings. The Morgan fingerprint density at radius 3 is 2.72 bits per heavy atom. The van der Waals surface area contributed by atoms with E-state index in [9.17, 15) is 9.59 Å². The Kier molecular flexibility index (Phi) is 6.54. The van der Waals surface area contributed by atoms with Gasteiger partial charge in [0.25, 0.3) is 0 Å². The average molecular weight is 248 g/mol. The van der Waals surface area contributed by atoms with Gasteiger partial charge < -0.3 is 10.1 Å². The van der Waals surface area contributed by atoms with E-state index in [1.54, 1.807) is 0 Å². The zero-order valence-electron chi connectivity index (χ0n) is 10.5. The van der Waals surface area contributed by atoms with Gasteiger partial charge in [-0.3, -0.25) is 4.79 Å². The average Bonchev–Trinajstić information content (AvgIpc) is 2.39. The fourth-order valence-corrected chi connectivity index (χ4v) is 1.47. The maximum Gasteiger partial charge on any atom is 0.407 e. The number of alkyl carbamates (subject to hydrolysis) is 1. The minimum Gasteiger partial charge on any atom is -0.450 e. The fourth-order valence-electron chi connectivity index (χ4n) is 1.47. The van der Waals surface area contributed by atoms with Gasteiger partial charge in [-0.2, -0.15) is 0 Å².